The summed E-state index contributed by atoms with van der Waals surface area (Å²) in [4.78, 5) is 34.8. The molecule has 3 atom stereocenters. The van der Waals surface area contributed by atoms with Crippen LogP contribution in [0.2, 0.25) is 0 Å². The number of hydrogen-bond acceptors (Lipinski definition) is 4. The number of amides is 2. The van der Waals surface area contributed by atoms with Gasteiger partial charge in [0.05, 0.1) is 22.6 Å². The first-order valence-corrected chi connectivity index (χ1v) is 7.93. The summed E-state index contributed by atoms with van der Waals surface area (Å²) in [6.07, 6.45) is -7.52. The Morgan fingerprint density at radius 3 is 1.93 bits per heavy atom. The molecule has 1 aliphatic rings. The van der Waals surface area contributed by atoms with Crippen molar-refractivity contribution in [3.8, 4) is 0 Å². The van der Waals surface area contributed by atoms with Crippen LogP contribution in [0.5, 0.6) is 0 Å². The fourth-order valence-corrected chi connectivity index (χ4v) is 2.83. The molecule has 0 fully saturated rings. The van der Waals surface area contributed by atoms with Crippen molar-refractivity contribution in [3.63, 3.8) is 0 Å². The molecule has 2 aromatic rings. The largest absolute Gasteiger partial charge is 0.271 e. The van der Waals surface area contributed by atoms with Crippen LogP contribution in [0.25, 0.3) is 0 Å². The zero-order valence-corrected chi connectivity index (χ0v) is 13.7. The van der Waals surface area contributed by atoms with Crippen LogP contribution in [0, 0.1) is 10.1 Å². The lowest BCUT2D eigenvalue weighted by Crippen LogP contribution is -2.40. The van der Waals surface area contributed by atoms with Crippen molar-refractivity contribution >= 4 is 17.5 Å². The third-order valence-electron chi connectivity index (χ3n) is 4.28. The minimum atomic E-state index is -2.66. The van der Waals surface area contributed by atoms with Crippen molar-refractivity contribution < 1.29 is 27.7 Å². The summed E-state index contributed by atoms with van der Waals surface area (Å²) in [6.45, 7) is -0.930. The molecule has 9 heteroatoms. The van der Waals surface area contributed by atoms with Gasteiger partial charge in [0.25, 0.3) is 17.5 Å². The van der Waals surface area contributed by atoms with Gasteiger partial charge >= 0.3 is 0 Å². The maximum atomic E-state index is 14.3. The standard InChI is InChI=1S/C18H13F3N2O4/c19-14(9-22-17(24)12-3-1-2-4-13(12)18(22)25)16(21)15(20)10-5-7-11(8-6-10)23(26)27/h1-8,14-16H,9H2/t14-,15-,16+/m0/s1. The molecule has 1 heterocycles. The fraction of sp³-hybridized carbons (Fsp3) is 0.222. The zero-order valence-electron chi connectivity index (χ0n) is 13.7. The number of nitrogens with zero attached hydrogens (tertiary/aromatic N) is 2. The first kappa shape index (κ1) is 18.6. The van der Waals surface area contributed by atoms with Crippen LogP contribution in [0.3, 0.4) is 0 Å². The van der Waals surface area contributed by atoms with E-state index in [-0.39, 0.29) is 22.4 Å². The van der Waals surface area contributed by atoms with Crippen LogP contribution in [0.4, 0.5) is 18.9 Å². The van der Waals surface area contributed by atoms with Gasteiger partial charge in [-0.15, -0.1) is 0 Å². The van der Waals surface area contributed by atoms with Crippen molar-refractivity contribution in [2.24, 2.45) is 0 Å². The number of carbonyl (C=O) groups excluding carboxylic acids is 2. The van der Waals surface area contributed by atoms with Crippen LogP contribution >= 0.6 is 0 Å². The first-order valence-electron chi connectivity index (χ1n) is 7.93. The van der Waals surface area contributed by atoms with E-state index in [0.717, 1.165) is 24.3 Å². The van der Waals surface area contributed by atoms with Gasteiger partial charge in [0, 0.05) is 12.1 Å². The number of fused-ring (bicyclic) bond motifs is 1. The van der Waals surface area contributed by atoms with E-state index in [2.05, 4.69) is 0 Å². The molecular weight excluding hydrogens is 365 g/mol. The Labute approximate surface area is 151 Å². The number of alkyl halides is 3. The quantitative estimate of drug-likeness (QED) is 0.437. The summed E-state index contributed by atoms with van der Waals surface area (Å²) < 4.78 is 42.8. The molecule has 0 radical (unpaired) electrons. The van der Waals surface area contributed by atoms with Gasteiger partial charge in [0.1, 0.15) is 0 Å². The van der Waals surface area contributed by atoms with Crippen LogP contribution in [0.1, 0.15) is 32.5 Å². The number of imide groups is 1. The second-order valence-corrected chi connectivity index (χ2v) is 5.98. The van der Waals surface area contributed by atoms with Gasteiger partial charge in [0.15, 0.2) is 18.5 Å². The molecule has 6 nitrogen and oxygen atoms in total. The molecular formula is C18H13F3N2O4. The van der Waals surface area contributed by atoms with Gasteiger partial charge in [-0.25, -0.2) is 13.2 Å². The van der Waals surface area contributed by atoms with E-state index in [1.54, 1.807) is 0 Å². The molecule has 0 N–H and O–H groups in total. The van der Waals surface area contributed by atoms with Crippen LogP contribution < -0.4 is 0 Å². The summed E-state index contributed by atoms with van der Waals surface area (Å²) in [6, 6.07) is 9.79. The average molecular weight is 378 g/mol. The highest BCUT2D eigenvalue weighted by Crippen LogP contribution is 2.30. The van der Waals surface area contributed by atoms with Crippen molar-refractivity contribution in [2.45, 2.75) is 18.5 Å². The fourth-order valence-electron chi connectivity index (χ4n) is 2.83. The first-order chi connectivity index (χ1) is 12.8. The highest BCUT2D eigenvalue weighted by atomic mass is 19.2. The number of halogens is 3. The Morgan fingerprint density at radius 2 is 1.44 bits per heavy atom. The van der Waals surface area contributed by atoms with E-state index in [0.29, 0.717) is 4.90 Å². The number of hydrogen-bond donors (Lipinski definition) is 0. The molecule has 0 saturated heterocycles. The highest BCUT2D eigenvalue weighted by Gasteiger charge is 2.40. The lowest BCUT2D eigenvalue weighted by molar-refractivity contribution is -0.384. The molecule has 0 saturated carbocycles. The Morgan fingerprint density at radius 1 is 0.926 bits per heavy atom. The van der Waals surface area contributed by atoms with Crippen LogP contribution in [0.15, 0.2) is 48.5 Å². The molecule has 0 spiro atoms. The Balaban J connectivity index is 1.70. The van der Waals surface area contributed by atoms with Crippen LogP contribution in [-0.4, -0.2) is 40.5 Å². The Kier molecular flexibility index (Phi) is 4.93. The molecule has 27 heavy (non-hydrogen) atoms. The number of non-ortho nitro benzene ring substituents is 1. The summed E-state index contributed by atoms with van der Waals surface area (Å²) in [7, 11) is 0. The average Bonchev–Trinajstić information content (AvgIpc) is 2.92. The molecule has 0 aliphatic carbocycles. The minimum Gasteiger partial charge on any atom is -0.271 e. The lowest BCUT2D eigenvalue weighted by Gasteiger charge is -2.22. The molecule has 2 aromatic carbocycles. The number of carbonyl (C=O) groups is 2. The molecule has 0 aromatic heterocycles. The summed E-state index contributed by atoms with van der Waals surface area (Å²) in [5.74, 6) is -1.53. The van der Waals surface area contributed by atoms with E-state index in [1.165, 1.54) is 24.3 Å². The smallest absolute Gasteiger partial charge is 0.269 e. The van der Waals surface area contributed by atoms with Crippen LogP contribution in [-0.2, 0) is 0 Å². The van der Waals surface area contributed by atoms with Gasteiger partial charge in [-0.2, -0.15) is 0 Å². The molecule has 3 rings (SSSR count). The van der Waals surface area contributed by atoms with E-state index < -0.39 is 41.8 Å². The summed E-state index contributed by atoms with van der Waals surface area (Å²) in [5.41, 5.74) is -0.433. The van der Waals surface area contributed by atoms with Gasteiger partial charge in [-0.1, -0.05) is 12.1 Å². The number of nitro benzene ring substituents is 1. The van der Waals surface area contributed by atoms with Crippen molar-refractivity contribution in [1.82, 2.24) is 4.90 Å². The van der Waals surface area contributed by atoms with Crippen molar-refractivity contribution in [2.75, 3.05) is 6.54 Å². The van der Waals surface area contributed by atoms with Gasteiger partial charge in [-0.3, -0.25) is 24.6 Å². The van der Waals surface area contributed by atoms with Gasteiger partial charge in [0.2, 0.25) is 0 Å². The topological polar surface area (TPSA) is 80.5 Å². The highest BCUT2D eigenvalue weighted by molar-refractivity contribution is 6.21. The van der Waals surface area contributed by atoms with E-state index in [9.17, 15) is 32.9 Å². The molecule has 0 unspecified atom stereocenters. The third kappa shape index (κ3) is 3.40. The normalized spacial score (nSPS) is 16.8. The molecule has 140 valence electrons. The van der Waals surface area contributed by atoms with E-state index in [1.807, 2.05) is 0 Å². The van der Waals surface area contributed by atoms with Crippen molar-refractivity contribution in [1.29, 1.82) is 0 Å². The summed E-state index contributed by atoms with van der Waals surface area (Å²) in [5, 5.41) is 10.6. The van der Waals surface area contributed by atoms with Gasteiger partial charge in [-0.05, 0) is 29.8 Å². The lowest BCUT2D eigenvalue weighted by atomic mass is 10.0. The second-order valence-electron chi connectivity index (χ2n) is 5.98. The monoisotopic (exact) mass is 378 g/mol. The predicted molar refractivity (Wildman–Crippen MR) is 88.5 cm³/mol. The molecule has 0 bridgehead atoms. The van der Waals surface area contributed by atoms with Crippen molar-refractivity contribution in [3.05, 3.63) is 75.3 Å². The van der Waals surface area contributed by atoms with E-state index >= 15 is 0 Å². The maximum absolute atomic E-state index is 14.3. The maximum Gasteiger partial charge on any atom is 0.269 e. The Bertz CT molecular complexity index is 869. The predicted octanol–water partition coefficient (Wildman–Crippen LogP) is 3.58. The third-order valence-corrected chi connectivity index (χ3v) is 4.28. The number of rotatable bonds is 6. The molecule has 1 aliphatic heterocycles. The Hall–Kier alpha value is -3.23. The summed E-state index contributed by atoms with van der Waals surface area (Å²) >= 11 is 0. The molecule has 2 amide bonds. The number of nitro groups is 1. The minimum absolute atomic E-state index is 0.0808. The van der Waals surface area contributed by atoms with E-state index in [4.69, 9.17) is 0 Å². The van der Waals surface area contributed by atoms with Gasteiger partial charge < -0.3 is 0 Å². The second kappa shape index (κ2) is 7.18. The SMILES string of the molecule is O=C1c2ccccc2C(=O)N1C[C@H](F)[C@@H](F)[C@@H](F)c1ccc([N+](=O)[O-])cc1. The zero-order chi connectivity index (χ0) is 19.7. The number of benzene rings is 2.